The summed E-state index contributed by atoms with van der Waals surface area (Å²) in [5.74, 6) is 0. The molecule has 1 radical (unpaired) electrons. The Morgan fingerprint density at radius 3 is 1.67 bits per heavy atom. The summed E-state index contributed by atoms with van der Waals surface area (Å²) in [5, 5.41) is 4.08. The zero-order chi connectivity index (χ0) is 3.54. The van der Waals surface area contributed by atoms with Crippen molar-refractivity contribution in [3.8, 4) is 0 Å². The summed E-state index contributed by atoms with van der Waals surface area (Å²) in [6.07, 6.45) is 0. The van der Waals surface area contributed by atoms with Gasteiger partial charge < -0.3 is 0 Å². The van der Waals surface area contributed by atoms with E-state index in [1.807, 2.05) is 22.9 Å². The predicted molar refractivity (Wildman–Crippen MR) is 24.3 cm³/mol. The van der Waals surface area contributed by atoms with Gasteiger partial charge in [0.15, 0.2) is 0 Å². The van der Waals surface area contributed by atoms with E-state index in [1.54, 1.807) is 11.3 Å². The van der Waals surface area contributed by atoms with E-state index in [1.165, 1.54) is 0 Å². The minimum Gasteiger partial charge on any atom is -0.152 e. The first-order valence-electron chi connectivity index (χ1n) is 1.47. The van der Waals surface area contributed by atoms with E-state index in [2.05, 4.69) is 0 Å². The summed E-state index contributed by atoms with van der Waals surface area (Å²) in [4.78, 5) is 0. The van der Waals surface area contributed by atoms with Crippen LogP contribution in [-0.4, -0.2) is 0 Å². The van der Waals surface area contributed by atoms with Gasteiger partial charge in [0.2, 0.25) is 0 Å². The molecular formula is C4H4AgS. The van der Waals surface area contributed by atoms with Crippen molar-refractivity contribution in [1.82, 2.24) is 0 Å². The molecule has 0 aliphatic rings. The van der Waals surface area contributed by atoms with E-state index in [-0.39, 0.29) is 22.4 Å². The molecule has 2 heteroatoms. The summed E-state index contributed by atoms with van der Waals surface area (Å²) in [6.45, 7) is 0. The van der Waals surface area contributed by atoms with Gasteiger partial charge in [0.25, 0.3) is 0 Å². The second-order valence-electron chi connectivity index (χ2n) is 0.793. The van der Waals surface area contributed by atoms with Crippen molar-refractivity contribution in [3.63, 3.8) is 0 Å². The molecule has 0 N–H and O–H groups in total. The van der Waals surface area contributed by atoms with Crippen LogP contribution in [0.15, 0.2) is 22.9 Å². The fraction of sp³-hybridized carbons (Fsp3) is 0. The molecular weight excluding hydrogens is 188 g/mol. The van der Waals surface area contributed by atoms with Gasteiger partial charge in [-0.1, -0.05) is 12.1 Å². The van der Waals surface area contributed by atoms with Crippen molar-refractivity contribution >= 4 is 11.3 Å². The van der Waals surface area contributed by atoms with Gasteiger partial charge >= 0.3 is 0 Å². The molecule has 0 aliphatic heterocycles. The maximum Gasteiger partial charge on any atom is 0 e. The molecule has 0 aromatic carbocycles. The Labute approximate surface area is 56.7 Å². The summed E-state index contributed by atoms with van der Waals surface area (Å²) < 4.78 is 0. The first kappa shape index (κ1) is 6.44. The largest absolute Gasteiger partial charge is 0.152 e. The van der Waals surface area contributed by atoms with E-state index in [0.29, 0.717) is 0 Å². The molecule has 6 heavy (non-hydrogen) atoms. The van der Waals surface area contributed by atoms with E-state index >= 15 is 0 Å². The van der Waals surface area contributed by atoms with Gasteiger partial charge in [0.1, 0.15) is 0 Å². The Hall–Kier alpha value is 0.440. The Morgan fingerprint density at radius 2 is 1.50 bits per heavy atom. The molecule has 0 spiro atoms. The van der Waals surface area contributed by atoms with Gasteiger partial charge in [-0.15, -0.1) is 0 Å². The van der Waals surface area contributed by atoms with Crippen LogP contribution in [0.5, 0.6) is 0 Å². The first-order chi connectivity index (χ1) is 2.50. The summed E-state index contributed by atoms with van der Waals surface area (Å²) in [6, 6.07) is 4.04. The second kappa shape index (κ2) is 3.62. The van der Waals surface area contributed by atoms with Gasteiger partial charge in [-0.05, 0) is 10.8 Å². The normalized spacial score (nSPS) is 6.67. The monoisotopic (exact) mass is 191 g/mol. The van der Waals surface area contributed by atoms with Crippen LogP contribution in [0.2, 0.25) is 0 Å². The molecule has 37 valence electrons. The average Bonchev–Trinajstić information content (AvgIpc) is 1.76. The molecule has 0 amide bonds. The Bertz CT molecular complexity index is 64.0. The van der Waals surface area contributed by atoms with Gasteiger partial charge in [0, 0.05) is 22.4 Å². The molecule has 1 aromatic heterocycles. The average molecular weight is 192 g/mol. The summed E-state index contributed by atoms with van der Waals surface area (Å²) >= 11 is 1.71. The Morgan fingerprint density at radius 1 is 1.00 bits per heavy atom. The second-order valence-corrected chi connectivity index (χ2v) is 1.61. The minimum atomic E-state index is 0. The van der Waals surface area contributed by atoms with Gasteiger partial charge in [0.05, 0.1) is 0 Å². The van der Waals surface area contributed by atoms with Crippen molar-refractivity contribution in [1.29, 1.82) is 0 Å². The van der Waals surface area contributed by atoms with Crippen molar-refractivity contribution in [2.24, 2.45) is 0 Å². The third-order valence-corrected chi connectivity index (χ3v) is 1.05. The van der Waals surface area contributed by atoms with Gasteiger partial charge in [-0.2, -0.15) is 11.3 Å². The van der Waals surface area contributed by atoms with Crippen LogP contribution in [0, 0.1) is 0 Å². The molecule has 0 nitrogen and oxygen atoms in total. The summed E-state index contributed by atoms with van der Waals surface area (Å²) in [5.41, 5.74) is 0. The smallest absolute Gasteiger partial charge is 0 e. The molecule has 0 fully saturated rings. The third-order valence-electron chi connectivity index (χ3n) is 0.425. The van der Waals surface area contributed by atoms with Crippen LogP contribution in [0.1, 0.15) is 0 Å². The number of thiophene rings is 1. The molecule has 0 unspecified atom stereocenters. The van der Waals surface area contributed by atoms with Gasteiger partial charge in [-0.25, -0.2) is 0 Å². The van der Waals surface area contributed by atoms with Crippen LogP contribution < -0.4 is 0 Å². The van der Waals surface area contributed by atoms with Crippen LogP contribution in [0.4, 0.5) is 0 Å². The SMILES string of the molecule is [Ag].c1ccsc1. The van der Waals surface area contributed by atoms with E-state index in [0.717, 1.165) is 0 Å². The fourth-order valence-electron chi connectivity index (χ4n) is 0.227. The molecule has 1 heterocycles. The maximum atomic E-state index is 2.04. The van der Waals surface area contributed by atoms with E-state index < -0.39 is 0 Å². The molecule has 0 saturated carbocycles. The Balaban J connectivity index is 0.000000250. The quantitative estimate of drug-likeness (QED) is 0.549. The van der Waals surface area contributed by atoms with Crippen LogP contribution in [0.3, 0.4) is 0 Å². The molecule has 0 saturated heterocycles. The molecule has 1 aromatic rings. The standard InChI is InChI=1S/C4H4S.Ag/c1-2-4-5-3-1;/h1-4H;. The van der Waals surface area contributed by atoms with Crippen LogP contribution in [-0.2, 0) is 22.4 Å². The first-order valence-corrected chi connectivity index (χ1v) is 2.41. The van der Waals surface area contributed by atoms with Crippen LogP contribution >= 0.6 is 11.3 Å². The van der Waals surface area contributed by atoms with E-state index in [9.17, 15) is 0 Å². The number of hydrogen-bond acceptors (Lipinski definition) is 1. The number of rotatable bonds is 0. The van der Waals surface area contributed by atoms with Crippen molar-refractivity contribution < 1.29 is 22.4 Å². The topological polar surface area (TPSA) is 0 Å². The number of hydrogen-bond donors (Lipinski definition) is 0. The maximum absolute atomic E-state index is 2.04. The summed E-state index contributed by atoms with van der Waals surface area (Å²) in [7, 11) is 0. The zero-order valence-electron chi connectivity index (χ0n) is 3.02. The Kier molecular flexibility index (Phi) is 3.89. The van der Waals surface area contributed by atoms with Crippen molar-refractivity contribution in [2.45, 2.75) is 0 Å². The zero-order valence-corrected chi connectivity index (χ0v) is 5.32. The minimum absolute atomic E-state index is 0. The molecule has 0 atom stereocenters. The fourth-order valence-corrected chi connectivity index (χ4v) is 0.680. The molecule has 0 aliphatic carbocycles. The van der Waals surface area contributed by atoms with Crippen LogP contribution in [0.25, 0.3) is 0 Å². The van der Waals surface area contributed by atoms with Crippen molar-refractivity contribution in [2.75, 3.05) is 0 Å². The molecule has 0 bridgehead atoms. The van der Waals surface area contributed by atoms with Crippen molar-refractivity contribution in [3.05, 3.63) is 22.9 Å². The van der Waals surface area contributed by atoms with Gasteiger partial charge in [-0.3, -0.25) is 0 Å². The predicted octanol–water partition coefficient (Wildman–Crippen LogP) is 1.75. The molecule has 1 rings (SSSR count). The third kappa shape index (κ3) is 1.78. The van der Waals surface area contributed by atoms with E-state index in [4.69, 9.17) is 0 Å².